The summed E-state index contributed by atoms with van der Waals surface area (Å²) in [7, 11) is 0. The third-order valence-electron chi connectivity index (χ3n) is 3.58. The molecule has 0 aromatic carbocycles. The Morgan fingerprint density at radius 1 is 1.32 bits per heavy atom. The van der Waals surface area contributed by atoms with E-state index in [1.807, 2.05) is 0 Å². The van der Waals surface area contributed by atoms with Crippen LogP contribution in [0.1, 0.15) is 51.9 Å². The van der Waals surface area contributed by atoms with Crippen molar-refractivity contribution in [2.24, 2.45) is 0 Å². The first-order valence-electron chi connectivity index (χ1n) is 7.32. The standard InChI is InChI=1S/C14H27NO4/c1-2-19-13(17)9-12(16)10-15-11-14(18)7-5-3-4-6-8-14/h12,15-16,18H,2-11H2,1H3. The molecule has 0 radical (unpaired) electrons. The number of esters is 1. The maximum Gasteiger partial charge on any atom is 0.308 e. The highest BCUT2D eigenvalue weighted by Gasteiger charge is 2.27. The van der Waals surface area contributed by atoms with Gasteiger partial charge >= 0.3 is 5.97 Å². The van der Waals surface area contributed by atoms with Crippen molar-refractivity contribution in [3.05, 3.63) is 0 Å². The molecule has 19 heavy (non-hydrogen) atoms. The lowest BCUT2D eigenvalue weighted by Crippen LogP contribution is -2.43. The van der Waals surface area contributed by atoms with Gasteiger partial charge in [-0.2, -0.15) is 0 Å². The Morgan fingerprint density at radius 3 is 2.53 bits per heavy atom. The van der Waals surface area contributed by atoms with Crippen molar-refractivity contribution in [1.29, 1.82) is 0 Å². The average Bonchev–Trinajstić information content (AvgIpc) is 2.54. The van der Waals surface area contributed by atoms with Crippen LogP contribution in [0.25, 0.3) is 0 Å². The summed E-state index contributed by atoms with van der Waals surface area (Å²) in [5, 5.41) is 23.1. The number of ether oxygens (including phenoxy) is 1. The van der Waals surface area contributed by atoms with E-state index in [2.05, 4.69) is 5.32 Å². The number of rotatable bonds is 7. The van der Waals surface area contributed by atoms with Crippen LogP contribution in [0.3, 0.4) is 0 Å². The van der Waals surface area contributed by atoms with Crippen molar-refractivity contribution >= 4 is 5.97 Å². The lowest BCUT2D eigenvalue weighted by Gasteiger charge is -2.27. The van der Waals surface area contributed by atoms with Crippen LogP contribution in [0.2, 0.25) is 0 Å². The molecule has 1 aliphatic rings. The number of nitrogens with one attached hydrogen (secondary N) is 1. The molecular formula is C14H27NO4. The van der Waals surface area contributed by atoms with Gasteiger partial charge in [0, 0.05) is 13.1 Å². The highest BCUT2D eigenvalue weighted by molar-refractivity contribution is 5.69. The number of hydrogen-bond acceptors (Lipinski definition) is 5. The van der Waals surface area contributed by atoms with Crippen LogP contribution >= 0.6 is 0 Å². The molecule has 0 aromatic rings. The molecule has 5 nitrogen and oxygen atoms in total. The van der Waals surface area contributed by atoms with Crippen molar-refractivity contribution in [3.63, 3.8) is 0 Å². The van der Waals surface area contributed by atoms with E-state index in [-0.39, 0.29) is 12.4 Å². The summed E-state index contributed by atoms with van der Waals surface area (Å²) in [6.45, 7) is 2.86. The lowest BCUT2D eigenvalue weighted by molar-refractivity contribution is -0.145. The smallest absolute Gasteiger partial charge is 0.308 e. The molecule has 0 bridgehead atoms. The molecule has 0 aromatic heterocycles. The van der Waals surface area contributed by atoms with Gasteiger partial charge in [0.05, 0.1) is 24.7 Å². The molecule has 112 valence electrons. The first-order valence-corrected chi connectivity index (χ1v) is 7.32. The summed E-state index contributed by atoms with van der Waals surface area (Å²) in [5.41, 5.74) is -0.653. The minimum absolute atomic E-state index is 0.000726. The number of aliphatic hydroxyl groups excluding tert-OH is 1. The van der Waals surface area contributed by atoms with Crippen LogP contribution in [0, 0.1) is 0 Å². The first-order chi connectivity index (χ1) is 9.06. The normalized spacial score (nSPS) is 20.6. The number of carbonyl (C=O) groups excluding carboxylic acids is 1. The maximum atomic E-state index is 11.2. The molecule has 1 unspecified atom stereocenters. The fourth-order valence-corrected chi connectivity index (χ4v) is 2.52. The topological polar surface area (TPSA) is 78.8 Å². The molecule has 1 saturated carbocycles. The van der Waals surface area contributed by atoms with Gasteiger partial charge in [-0.25, -0.2) is 0 Å². The molecule has 1 fully saturated rings. The molecular weight excluding hydrogens is 246 g/mol. The predicted octanol–water partition coefficient (Wildman–Crippen LogP) is 0.975. The summed E-state index contributed by atoms with van der Waals surface area (Å²) in [4.78, 5) is 11.2. The number of carbonyl (C=O) groups is 1. The predicted molar refractivity (Wildman–Crippen MR) is 72.8 cm³/mol. The molecule has 0 spiro atoms. The molecule has 1 aliphatic carbocycles. The fourth-order valence-electron chi connectivity index (χ4n) is 2.52. The molecule has 0 heterocycles. The number of aliphatic hydroxyl groups is 2. The summed E-state index contributed by atoms with van der Waals surface area (Å²) in [6.07, 6.45) is 5.36. The second-order valence-electron chi connectivity index (χ2n) is 5.43. The van der Waals surface area contributed by atoms with Gasteiger partial charge in [-0.05, 0) is 19.8 Å². The van der Waals surface area contributed by atoms with Crippen LogP contribution in [-0.2, 0) is 9.53 Å². The Balaban J connectivity index is 2.19. The Morgan fingerprint density at radius 2 is 1.95 bits per heavy atom. The van der Waals surface area contributed by atoms with Gasteiger partial charge in [0.25, 0.3) is 0 Å². The van der Waals surface area contributed by atoms with E-state index >= 15 is 0 Å². The van der Waals surface area contributed by atoms with Crippen LogP contribution in [-0.4, -0.2) is 47.6 Å². The van der Waals surface area contributed by atoms with E-state index in [0.717, 1.165) is 25.7 Å². The van der Waals surface area contributed by atoms with Crippen LogP contribution < -0.4 is 5.32 Å². The fraction of sp³-hybridized carbons (Fsp3) is 0.929. The van der Waals surface area contributed by atoms with E-state index in [1.54, 1.807) is 6.92 Å². The Kier molecular flexibility index (Phi) is 7.34. The highest BCUT2D eigenvalue weighted by Crippen LogP contribution is 2.26. The van der Waals surface area contributed by atoms with Gasteiger partial charge in [0.1, 0.15) is 0 Å². The van der Waals surface area contributed by atoms with E-state index < -0.39 is 11.7 Å². The van der Waals surface area contributed by atoms with E-state index in [1.165, 1.54) is 12.8 Å². The van der Waals surface area contributed by atoms with Gasteiger partial charge in [-0.3, -0.25) is 4.79 Å². The Bertz CT molecular complexity index is 262. The minimum atomic E-state index is -0.756. The zero-order valence-electron chi connectivity index (χ0n) is 11.9. The SMILES string of the molecule is CCOC(=O)CC(O)CNCC1(O)CCCCCC1. The second-order valence-corrected chi connectivity index (χ2v) is 5.43. The van der Waals surface area contributed by atoms with Crippen LogP contribution in [0.5, 0.6) is 0 Å². The minimum Gasteiger partial charge on any atom is -0.466 e. The van der Waals surface area contributed by atoms with Gasteiger partial charge in [0.2, 0.25) is 0 Å². The molecule has 5 heteroatoms. The molecule has 3 N–H and O–H groups in total. The van der Waals surface area contributed by atoms with E-state index in [0.29, 0.717) is 19.7 Å². The second kappa shape index (κ2) is 8.51. The van der Waals surface area contributed by atoms with Crippen LogP contribution in [0.4, 0.5) is 0 Å². The molecule has 0 amide bonds. The summed E-state index contributed by atoms with van der Waals surface area (Å²) < 4.78 is 4.77. The van der Waals surface area contributed by atoms with Crippen LogP contribution in [0.15, 0.2) is 0 Å². The molecule has 1 atom stereocenters. The van der Waals surface area contributed by atoms with Gasteiger partial charge < -0.3 is 20.3 Å². The van der Waals surface area contributed by atoms with Gasteiger partial charge in [-0.15, -0.1) is 0 Å². The van der Waals surface area contributed by atoms with Crippen molar-refractivity contribution in [3.8, 4) is 0 Å². The largest absolute Gasteiger partial charge is 0.466 e. The maximum absolute atomic E-state index is 11.2. The highest BCUT2D eigenvalue weighted by atomic mass is 16.5. The zero-order chi connectivity index (χ0) is 14.1. The Labute approximate surface area is 115 Å². The first kappa shape index (κ1) is 16.4. The Hall–Kier alpha value is -0.650. The van der Waals surface area contributed by atoms with Crippen molar-refractivity contribution in [2.45, 2.75) is 63.6 Å². The zero-order valence-corrected chi connectivity index (χ0v) is 11.9. The molecule has 0 saturated heterocycles. The summed E-state index contributed by atoms with van der Waals surface area (Å²) in [6, 6.07) is 0. The quantitative estimate of drug-likeness (QED) is 0.476. The average molecular weight is 273 g/mol. The van der Waals surface area contributed by atoms with E-state index in [9.17, 15) is 15.0 Å². The third kappa shape index (κ3) is 6.89. The van der Waals surface area contributed by atoms with Crippen molar-refractivity contribution in [1.82, 2.24) is 5.32 Å². The molecule has 0 aliphatic heterocycles. The van der Waals surface area contributed by atoms with Crippen molar-refractivity contribution in [2.75, 3.05) is 19.7 Å². The third-order valence-corrected chi connectivity index (χ3v) is 3.58. The number of hydrogen-bond donors (Lipinski definition) is 3. The van der Waals surface area contributed by atoms with E-state index in [4.69, 9.17) is 4.74 Å². The monoisotopic (exact) mass is 273 g/mol. The summed E-state index contributed by atoms with van der Waals surface area (Å²) >= 11 is 0. The van der Waals surface area contributed by atoms with Gasteiger partial charge in [0.15, 0.2) is 0 Å². The lowest BCUT2D eigenvalue weighted by atomic mass is 9.94. The van der Waals surface area contributed by atoms with Crippen molar-refractivity contribution < 1.29 is 19.7 Å². The molecule has 1 rings (SSSR count). The van der Waals surface area contributed by atoms with Gasteiger partial charge in [-0.1, -0.05) is 25.7 Å². The summed E-state index contributed by atoms with van der Waals surface area (Å²) in [5.74, 6) is -0.384.